The number of aromatic nitrogens is 2. The third kappa shape index (κ3) is 2.02. The van der Waals surface area contributed by atoms with E-state index in [2.05, 4.69) is 5.10 Å². The van der Waals surface area contributed by atoms with Crippen molar-refractivity contribution in [2.24, 2.45) is 0 Å². The molecule has 0 atom stereocenters. The number of ether oxygens (including phenoxy) is 1. The SMILES string of the molecule is CC(C)OC(=O)n1ncc2c([N+](=O)[O-])cccc21. The Bertz CT molecular complexity index is 618. The van der Waals surface area contributed by atoms with Crippen LogP contribution in [0.2, 0.25) is 0 Å². The van der Waals surface area contributed by atoms with Crippen LogP contribution in [0.25, 0.3) is 10.9 Å². The molecule has 0 N–H and O–H groups in total. The zero-order chi connectivity index (χ0) is 13.3. The van der Waals surface area contributed by atoms with E-state index >= 15 is 0 Å². The number of fused-ring (bicyclic) bond motifs is 1. The van der Waals surface area contributed by atoms with Crippen LogP contribution >= 0.6 is 0 Å². The van der Waals surface area contributed by atoms with Gasteiger partial charge in [0.1, 0.15) is 0 Å². The Balaban J connectivity index is 2.52. The first-order chi connectivity index (χ1) is 8.50. The molecule has 7 heteroatoms. The van der Waals surface area contributed by atoms with E-state index < -0.39 is 11.0 Å². The second-order valence-electron chi connectivity index (χ2n) is 3.96. The maximum absolute atomic E-state index is 11.7. The lowest BCUT2D eigenvalue weighted by Crippen LogP contribution is -2.18. The van der Waals surface area contributed by atoms with Gasteiger partial charge in [-0.2, -0.15) is 9.78 Å². The fourth-order valence-electron chi connectivity index (χ4n) is 1.59. The van der Waals surface area contributed by atoms with E-state index in [4.69, 9.17) is 4.74 Å². The minimum Gasteiger partial charge on any atom is -0.445 e. The smallest absolute Gasteiger partial charge is 0.435 e. The molecular weight excluding hydrogens is 238 g/mol. The average Bonchev–Trinajstić information content (AvgIpc) is 2.70. The van der Waals surface area contributed by atoms with Gasteiger partial charge in [-0.3, -0.25) is 10.1 Å². The molecule has 7 nitrogen and oxygen atoms in total. The molecule has 0 spiro atoms. The van der Waals surface area contributed by atoms with E-state index in [1.807, 2.05) is 0 Å². The van der Waals surface area contributed by atoms with E-state index in [0.717, 1.165) is 4.68 Å². The molecule has 18 heavy (non-hydrogen) atoms. The second kappa shape index (κ2) is 4.44. The van der Waals surface area contributed by atoms with Gasteiger partial charge in [0, 0.05) is 6.07 Å². The van der Waals surface area contributed by atoms with Crippen molar-refractivity contribution in [3.8, 4) is 0 Å². The highest BCUT2D eigenvalue weighted by Crippen LogP contribution is 2.24. The number of carbonyl (C=O) groups excluding carboxylic acids is 1. The number of benzene rings is 1. The van der Waals surface area contributed by atoms with E-state index in [1.165, 1.54) is 18.3 Å². The molecule has 0 fully saturated rings. The van der Waals surface area contributed by atoms with Gasteiger partial charge in [-0.1, -0.05) is 6.07 Å². The normalized spacial score (nSPS) is 10.8. The standard InChI is InChI=1S/C11H11N3O4/c1-7(2)18-11(15)13-9-4-3-5-10(14(16)17)8(9)6-12-13/h3-7H,1-2H3. The summed E-state index contributed by atoms with van der Waals surface area (Å²) < 4.78 is 6.01. The second-order valence-corrected chi connectivity index (χ2v) is 3.96. The van der Waals surface area contributed by atoms with Crippen molar-refractivity contribution < 1.29 is 14.5 Å². The third-order valence-corrected chi connectivity index (χ3v) is 2.30. The van der Waals surface area contributed by atoms with Gasteiger partial charge in [-0.15, -0.1) is 0 Å². The van der Waals surface area contributed by atoms with Gasteiger partial charge < -0.3 is 4.74 Å². The Kier molecular flexibility index (Phi) is 2.97. The molecule has 0 bridgehead atoms. The van der Waals surface area contributed by atoms with Gasteiger partial charge in [-0.05, 0) is 19.9 Å². The predicted molar refractivity (Wildman–Crippen MR) is 63.4 cm³/mol. The highest BCUT2D eigenvalue weighted by Gasteiger charge is 2.19. The summed E-state index contributed by atoms with van der Waals surface area (Å²) in [7, 11) is 0. The van der Waals surface area contributed by atoms with Crippen LogP contribution in [0.3, 0.4) is 0 Å². The zero-order valence-electron chi connectivity index (χ0n) is 9.86. The lowest BCUT2D eigenvalue weighted by molar-refractivity contribution is -0.383. The van der Waals surface area contributed by atoms with Gasteiger partial charge in [0.2, 0.25) is 0 Å². The summed E-state index contributed by atoms with van der Waals surface area (Å²) in [6.45, 7) is 3.43. The minimum absolute atomic E-state index is 0.0869. The average molecular weight is 249 g/mol. The minimum atomic E-state index is -0.652. The molecule has 0 unspecified atom stereocenters. The van der Waals surface area contributed by atoms with Gasteiger partial charge in [0.15, 0.2) is 0 Å². The molecule has 0 saturated heterocycles. The maximum Gasteiger partial charge on any atom is 0.435 e. The molecule has 0 aliphatic rings. The van der Waals surface area contributed by atoms with Crippen molar-refractivity contribution in [3.05, 3.63) is 34.5 Å². The molecule has 1 aromatic heterocycles. The molecular formula is C11H11N3O4. The Morgan fingerprint density at radius 1 is 1.50 bits per heavy atom. The quantitative estimate of drug-likeness (QED) is 0.602. The van der Waals surface area contributed by atoms with Crippen molar-refractivity contribution >= 4 is 22.7 Å². The molecule has 0 aliphatic heterocycles. The van der Waals surface area contributed by atoms with E-state index in [0.29, 0.717) is 10.9 Å². The topological polar surface area (TPSA) is 87.3 Å². The maximum atomic E-state index is 11.7. The monoisotopic (exact) mass is 249 g/mol. The predicted octanol–water partition coefficient (Wildman–Crippen LogP) is 2.34. The van der Waals surface area contributed by atoms with Crippen molar-refractivity contribution in [1.82, 2.24) is 9.78 Å². The fourth-order valence-corrected chi connectivity index (χ4v) is 1.59. The van der Waals surface area contributed by atoms with Crippen LogP contribution in [-0.2, 0) is 4.74 Å². The first kappa shape index (κ1) is 12.0. The Morgan fingerprint density at radius 3 is 2.83 bits per heavy atom. The molecule has 1 aromatic carbocycles. The highest BCUT2D eigenvalue weighted by molar-refractivity contribution is 5.93. The number of rotatable bonds is 2. The van der Waals surface area contributed by atoms with Crippen LogP contribution in [0.5, 0.6) is 0 Å². The number of carbonyl (C=O) groups is 1. The van der Waals surface area contributed by atoms with Gasteiger partial charge in [-0.25, -0.2) is 4.79 Å². The number of nitro benzene ring substituents is 1. The van der Waals surface area contributed by atoms with Gasteiger partial charge in [0.25, 0.3) is 5.69 Å². The van der Waals surface area contributed by atoms with Gasteiger partial charge >= 0.3 is 6.09 Å². The fraction of sp³-hybridized carbons (Fsp3) is 0.273. The first-order valence-corrected chi connectivity index (χ1v) is 5.33. The third-order valence-electron chi connectivity index (χ3n) is 2.30. The van der Waals surface area contributed by atoms with Crippen LogP contribution in [0.4, 0.5) is 10.5 Å². The molecule has 1 heterocycles. The highest BCUT2D eigenvalue weighted by atomic mass is 16.6. The summed E-state index contributed by atoms with van der Waals surface area (Å²) in [5.41, 5.74) is 0.269. The largest absolute Gasteiger partial charge is 0.445 e. The summed E-state index contributed by atoms with van der Waals surface area (Å²) in [5, 5.41) is 15.0. The summed E-state index contributed by atoms with van der Waals surface area (Å²) in [4.78, 5) is 22.0. The Labute approximate surface area is 102 Å². The zero-order valence-corrected chi connectivity index (χ0v) is 9.86. The molecule has 2 aromatic rings. The lowest BCUT2D eigenvalue weighted by atomic mass is 10.2. The summed E-state index contributed by atoms with van der Waals surface area (Å²) in [6, 6.07) is 4.44. The molecule has 94 valence electrons. The van der Waals surface area contributed by atoms with E-state index in [9.17, 15) is 14.9 Å². The van der Waals surface area contributed by atoms with Crippen LogP contribution in [0.15, 0.2) is 24.4 Å². The number of hydrogen-bond donors (Lipinski definition) is 0. The van der Waals surface area contributed by atoms with E-state index in [-0.39, 0.29) is 11.8 Å². The number of non-ortho nitro benzene ring substituents is 1. The Hall–Kier alpha value is -2.44. The number of nitro groups is 1. The summed E-state index contributed by atoms with van der Waals surface area (Å²) in [6.07, 6.45) is 0.352. The molecule has 0 radical (unpaired) electrons. The molecule has 0 saturated carbocycles. The summed E-state index contributed by atoms with van der Waals surface area (Å²) >= 11 is 0. The molecule has 0 amide bonds. The van der Waals surface area contributed by atoms with Crippen molar-refractivity contribution in [2.75, 3.05) is 0 Å². The summed E-state index contributed by atoms with van der Waals surface area (Å²) in [5.74, 6) is 0. The van der Waals surface area contributed by atoms with Crippen molar-refractivity contribution in [3.63, 3.8) is 0 Å². The van der Waals surface area contributed by atoms with Crippen LogP contribution in [0, 0.1) is 10.1 Å². The lowest BCUT2D eigenvalue weighted by Gasteiger charge is -2.07. The molecule has 0 aliphatic carbocycles. The van der Waals surface area contributed by atoms with Crippen LogP contribution in [0.1, 0.15) is 13.8 Å². The molecule has 2 rings (SSSR count). The van der Waals surface area contributed by atoms with Crippen molar-refractivity contribution in [1.29, 1.82) is 0 Å². The number of hydrogen-bond acceptors (Lipinski definition) is 5. The number of nitrogens with zero attached hydrogens (tertiary/aromatic N) is 3. The van der Waals surface area contributed by atoms with Crippen LogP contribution in [-0.4, -0.2) is 26.9 Å². The van der Waals surface area contributed by atoms with E-state index in [1.54, 1.807) is 19.9 Å². The van der Waals surface area contributed by atoms with Gasteiger partial charge in [0.05, 0.1) is 28.1 Å². The van der Waals surface area contributed by atoms with Crippen LogP contribution < -0.4 is 0 Å². The Morgan fingerprint density at radius 2 is 2.22 bits per heavy atom. The van der Waals surface area contributed by atoms with Crippen molar-refractivity contribution in [2.45, 2.75) is 20.0 Å². The first-order valence-electron chi connectivity index (χ1n) is 5.33.